The Balaban J connectivity index is 3.12. The lowest BCUT2D eigenvalue weighted by Gasteiger charge is -2.11. The van der Waals surface area contributed by atoms with E-state index in [0.717, 1.165) is 0 Å². The second-order valence-corrected chi connectivity index (χ2v) is 3.06. The van der Waals surface area contributed by atoms with E-state index in [4.69, 9.17) is 17.3 Å². The molecule has 0 radical (unpaired) electrons. The van der Waals surface area contributed by atoms with Crippen LogP contribution in [0.2, 0.25) is 5.02 Å². The highest BCUT2D eigenvalue weighted by molar-refractivity contribution is 6.31. The zero-order valence-electron chi connectivity index (χ0n) is 6.85. The average Bonchev–Trinajstić information content (AvgIpc) is 2.03. The maximum Gasteiger partial charge on any atom is 0.129 e. The van der Waals surface area contributed by atoms with Crippen molar-refractivity contribution in [2.24, 2.45) is 5.73 Å². The first-order chi connectivity index (χ1) is 5.66. The fourth-order valence-electron chi connectivity index (χ4n) is 1.07. The number of halogens is 2. The summed E-state index contributed by atoms with van der Waals surface area (Å²) >= 11 is 5.78. The van der Waals surface area contributed by atoms with Gasteiger partial charge in [-0.1, -0.05) is 24.6 Å². The molecule has 0 aliphatic rings. The molecule has 2 N–H and O–H groups in total. The second-order valence-electron chi connectivity index (χ2n) is 2.65. The molecule has 0 saturated heterocycles. The molecule has 1 aromatic carbocycles. The SMILES string of the molecule is CC[C@H](N)c1c(F)cccc1Cl. The average molecular weight is 188 g/mol. The minimum Gasteiger partial charge on any atom is -0.324 e. The van der Waals surface area contributed by atoms with E-state index in [0.29, 0.717) is 17.0 Å². The van der Waals surface area contributed by atoms with Gasteiger partial charge in [-0.15, -0.1) is 0 Å². The van der Waals surface area contributed by atoms with Crippen LogP contribution in [-0.4, -0.2) is 0 Å². The zero-order chi connectivity index (χ0) is 9.14. The van der Waals surface area contributed by atoms with Gasteiger partial charge in [-0.2, -0.15) is 0 Å². The van der Waals surface area contributed by atoms with Crippen LogP contribution < -0.4 is 5.73 Å². The number of hydrogen-bond donors (Lipinski definition) is 1. The van der Waals surface area contributed by atoms with Gasteiger partial charge in [0.2, 0.25) is 0 Å². The Morgan fingerprint density at radius 1 is 1.58 bits per heavy atom. The lowest BCUT2D eigenvalue weighted by atomic mass is 10.1. The molecule has 12 heavy (non-hydrogen) atoms. The molecule has 1 rings (SSSR count). The third-order valence-electron chi connectivity index (χ3n) is 1.81. The molecule has 0 aliphatic carbocycles. The molecule has 1 aromatic rings. The molecular weight excluding hydrogens is 177 g/mol. The van der Waals surface area contributed by atoms with Gasteiger partial charge in [0.1, 0.15) is 5.82 Å². The molecule has 1 nitrogen and oxygen atoms in total. The predicted molar refractivity (Wildman–Crippen MR) is 48.6 cm³/mol. The fourth-order valence-corrected chi connectivity index (χ4v) is 1.37. The van der Waals surface area contributed by atoms with E-state index in [1.807, 2.05) is 6.92 Å². The highest BCUT2D eigenvalue weighted by atomic mass is 35.5. The normalized spacial score (nSPS) is 13.0. The van der Waals surface area contributed by atoms with Crippen LogP contribution in [0.4, 0.5) is 4.39 Å². The van der Waals surface area contributed by atoms with Crippen molar-refractivity contribution >= 4 is 11.6 Å². The number of benzene rings is 1. The molecule has 0 aliphatic heterocycles. The summed E-state index contributed by atoms with van der Waals surface area (Å²) in [6.07, 6.45) is 0.681. The monoisotopic (exact) mass is 187 g/mol. The fraction of sp³-hybridized carbons (Fsp3) is 0.333. The summed E-state index contributed by atoms with van der Waals surface area (Å²) in [5.41, 5.74) is 6.09. The number of hydrogen-bond acceptors (Lipinski definition) is 1. The lowest BCUT2D eigenvalue weighted by Crippen LogP contribution is -2.11. The Kier molecular flexibility index (Phi) is 3.06. The molecule has 0 heterocycles. The van der Waals surface area contributed by atoms with Crippen molar-refractivity contribution in [1.82, 2.24) is 0 Å². The van der Waals surface area contributed by atoms with Crippen molar-refractivity contribution < 1.29 is 4.39 Å². The minimum atomic E-state index is -0.322. The molecular formula is C9H11ClFN. The van der Waals surface area contributed by atoms with Gasteiger partial charge in [0.15, 0.2) is 0 Å². The van der Waals surface area contributed by atoms with Crippen LogP contribution >= 0.6 is 11.6 Å². The van der Waals surface area contributed by atoms with Crippen molar-refractivity contribution in [3.05, 3.63) is 34.6 Å². The minimum absolute atomic E-state index is 0.307. The third kappa shape index (κ3) is 1.76. The van der Waals surface area contributed by atoms with Gasteiger partial charge in [-0.3, -0.25) is 0 Å². The third-order valence-corrected chi connectivity index (χ3v) is 2.14. The van der Waals surface area contributed by atoms with Gasteiger partial charge < -0.3 is 5.73 Å². The van der Waals surface area contributed by atoms with Gasteiger partial charge >= 0.3 is 0 Å². The van der Waals surface area contributed by atoms with Crippen LogP contribution in [0.15, 0.2) is 18.2 Å². The summed E-state index contributed by atoms with van der Waals surface area (Å²) in [6.45, 7) is 1.90. The van der Waals surface area contributed by atoms with E-state index in [1.54, 1.807) is 12.1 Å². The summed E-state index contributed by atoms with van der Waals surface area (Å²) in [6, 6.07) is 4.29. The van der Waals surface area contributed by atoms with Gasteiger partial charge in [-0.25, -0.2) is 4.39 Å². The number of nitrogens with two attached hydrogens (primary N) is 1. The van der Waals surface area contributed by atoms with Gasteiger partial charge in [0.25, 0.3) is 0 Å². The Morgan fingerprint density at radius 3 is 2.75 bits per heavy atom. The van der Waals surface area contributed by atoms with Crippen molar-refractivity contribution in [3.63, 3.8) is 0 Å². The molecule has 0 amide bonds. The molecule has 3 heteroatoms. The van der Waals surface area contributed by atoms with Crippen LogP contribution in [0.3, 0.4) is 0 Å². The van der Waals surface area contributed by atoms with Crippen LogP contribution in [0.25, 0.3) is 0 Å². The summed E-state index contributed by atoms with van der Waals surface area (Å²) in [7, 11) is 0. The first kappa shape index (κ1) is 9.49. The molecule has 0 fully saturated rings. The highest BCUT2D eigenvalue weighted by Crippen LogP contribution is 2.25. The molecule has 1 atom stereocenters. The first-order valence-corrected chi connectivity index (χ1v) is 4.24. The van der Waals surface area contributed by atoms with Crippen LogP contribution in [0.5, 0.6) is 0 Å². The summed E-state index contributed by atoms with van der Waals surface area (Å²) < 4.78 is 13.1. The van der Waals surface area contributed by atoms with E-state index < -0.39 is 0 Å². The Labute approximate surface area is 76.3 Å². The van der Waals surface area contributed by atoms with Gasteiger partial charge in [-0.05, 0) is 18.6 Å². The Hall–Kier alpha value is -0.600. The standard InChI is InChI=1S/C9H11ClFN/c1-2-8(12)9-6(10)4-3-5-7(9)11/h3-5,8H,2,12H2,1H3/t8-/m0/s1. The molecule has 0 aromatic heterocycles. The van der Waals surface area contributed by atoms with E-state index in [1.165, 1.54) is 6.07 Å². The van der Waals surface area contributed by atoms with Gasteiger partial charge in [0, 0.05) is 16.6 Å². The maximum atomic E-state index is 13.1. The Morgan fingerprint density at radius 2 is 2.25 bits per heavy atom. The van der Waals surface area contributed by atoms with Gasteiger partial charge in [0.05, 0.1) is 0 Å². The summed E-state index contributed by atoms with van der Waals surface area (Å²) in [5, 5.41) is 0.407. The van der Waals surface area contributed by atoms with Crippen molar-refractivity contribution in [2.75, 3.05) is 0 Å². The molecule has 0 unspecified atom stereocenters. The van der Waals surface area contributed by atoms with Crippen LogP contribution in [0.1, 0.15) is 24.9 Å². The van der Waals surface area contributed by atoms with E-state index in [-0.39, 0.29) is 11.9 Å². The van der Waals surface area contributed by atoms with E-state index in [9.17, 15) is 4.39 Å². The predicted octanol–water partition coefficient (Wildman–Crippen LogP) is 2.89. The van der Waals surface area contributed by atoms with E-state index >= 15 is 0 Å². The lowest BCUT2D eigenvalue weighted by molar-refractivity contribution is 0.575. The topological polar surface area (TPSA) is 26.0 Å². The highest BCUT2D eigenvalue weighted by Gasteiger charge is 2.12. The zero-order valence-corrected chi connectivity index (χ0v) is 7.61. The van der Waals surface area contributed by atoms with Crippen molar-refractivity contribution in [1.29, 1.82) is 0 Å². The Bertz CT molecular complexity index is 255. The molecule has 0 bridgehead atoms. The summed E-state index contributed by atoms with van der Waals surface area (Å²) in [4.78, 5) is 0. The maximum absolute atomic E-state index is 13.1. The quantitative estimate of drug-likeness (QED) is 0.757. The number of rotatable bonds is 2. The van der Waals surface area contributed by atoms with E-state index in [2.05, 4.69) is 0 Å². The van der Waals surface area contributed by atoms with Crippen LogP contribution in [-0.2, 0) is 0 Å². The van der Waals surface area contributed by atoms with Crippen LogP contribution in [0, 0.1) is 5.82 Å². The smallest absolute Gasteiger partial charge is 0.129 e. The largest absolute Gasteiger partial charge is 0.324 e. The summed E-state index contributed by atoms with van der Waals surface area (Å²) in [5.74, 6) is -0.322. The first-order valence-electron chi connectivity index (χ1n) is 3.86. The molecule has 0 spiro atoms. The van der Waals surface area contributed by atoms with Crippen molar-refractivity contribution in [3.8, 4) is 0 Å². The second kappa shape index (κ2) is 3.87. The van der Waals surface area contributed by atoms with Crippen molar-refractivity contribution in [2.45, 2.75) is 19.4 Å². The molecule has 0 saturated carbocycles. The molecule has 66 valence electrons.